The third-order valence-corrected chi connectivity index (χ3v) is 2.75. The first-order valence-corrected chi connectivity index (χ1v) is 5.69. The summed E-state index contributed by atoms with van der Waals surface area (Å²) < 4.78 is 1.98. The molecule has 17 heavy (non-hydrogen) atoms. The molecule has 2 aromatic rings. The van der Waals surface area contributed by atoms with Crippen LogP contribution in [0.5, 0.6) is 0 Å². The molecule has 4 nitrogen and oxygen atoms in total. The van der Waals surface area contributed by atoms with E-state index >= 15 is 0 Å². The van der Waals surface area contributed by atoms with Crippen LogP contribution in [0, 0.1) is 6.92 Å². The Hall–Kier alpha value is -1.97. The van der Waals surface area contributed by atoms with Crippen molar-refractivity contribution in [3.8, 4) is 11.1 Å². The fraction of sp³-hybridized carbons (Fsp3) is 0.308. The summed E-state index contributed by atoms with van der Waals surface area (Å²) in [7, 11) is 0. The number of hydrogen-bond acceptors (Lipinski definition) is 3. The first-order valence-electron chi connectivity index (χ1n) is 5.69. The molecule has 4 heteroatoms. The van der Waals surface area contributed by atoms with Crippen molar-refractivity contribution >= 4 is 6.29 Å². The molecule has 0 aliphatic rings. The lowest BCUT2D eigenvalue weighted by Gasteiger charge is -2.03. The average molecular weight is 229 g/mol. The molecule has 0 saturated carbocycles. The summed E-state index contributed by atoms with van der Waals surface area (Å²) in [4.78, 5) is 14.8. The molecule has 0 fully saturated rings. The summed E-state index contributed by atoms with van der Waals surface area (Å²) in [6.45, 7) is 5.06. The van der Waals surface area contributed by atoms with Gasteiger partial charge < -0.3 is 0 Å². The van der Waals surface area contributed by atoms with Crippen LogP contribution < -0.4 is 0 Å². The smallest absolute Gasteiger partial charge is 0.151 e. The molecule has 0 radical (unpaired) electrons. The summed E-state index contributed by atoms with van der Waals surface area (Å²) in [5, 5.41) is 4.34. The molecule has 0 atom stereocenters. The fourth-order valence-corrected chi connectivity index (χ4v) is 1.84. The van der Waals surface area contributed by atoms with Gasteiger partial charge in [0.25, 0.3) is 0 Å². The number of hydrogen-bond donors (Lipinski definition) is 0. The largest absolute Gasteiger partial charge is 0.298 e. The van der Waals surface area contributed by atoms with Crippen LogP contribution in [0.4, 0.5) is 0 Å². The van der Waals surface area contributed by atoms with Gasteiger partial charge in [-0.15, -0.1) is 0 Å². The Morgan fingerprint density at radius 3 is 2.88 bits per heavy atom. The Balaban J connectivity index is 2.42. The molecule has 2 heterocycles. The second-order valence-corrected chi connectivity index (χ2v) is 3.99. The maximum atomic E-state index is 10.7. The van der Waals surface area contributed by atoms with Gasteiger partial charge in [-0.2, -0.15) is 5.10 Å². The van der Waals surface area contributed by atoms with Gasteiger partial charge in [-0.25, -0.2) is 0 Å². The van der Waals surface area contributed by atoms with E-state index in [1.807, 2.05) is 23.9 Å². The number of aldehydes is 1. The summed E-state index contributed by atoms with van der Waals surface area (Å²) in [5.41, 5.74) is 3.67. The van der Waals surface area contributed by atoms with E-state index in [0.29, 0.717) is 5.56 Å². The van der Waals surface area contributed by atoms with E-state index in [1.165, 1.54) is 0 Å². The molecule has 0 aliphatic carbocycles. The summed E-state index contributed by atoms with van der Waals surface area (Å²) in [5.74, 6) is 0. The zero-order valence-electron chi connectivity index (χ0n) is 10.1. The van der Waals surface area contributed by atoms with Gasteiger partial charge in [-0.3, -0.25) is 14.5 Å². The first-order chi connectivity index (χ1) is 8.26. The highest BCUT2D eigenvalue weighted by atomic mass is 16.1. The predicted molar refractivity (Wildman–Crippen MR) is 65.9 cm³/mol. The summed E-state index contributed by atoms with van der Waals surface area (Å²) in [6, 6.07) is 1.83. The van der Waals surface area contributed by atoms with Crippen molar-refractivity contribution in [1.29, 1.82) is 0 Å². The highest BCUT2D eigenvalue weighted by Gasteiger charge is 2.08. The molecule has 0 aliphatic heterocycles. The van der Waals surface area contributed by atoms with Crippen LogP contribution in [0.1, 0.15) is 29.4 Å². The fourth-order valence-electron chi connectivity index (χ4n) is 1.84. The molecule has 0 amide bonds. The van der Waals surface area contributed by atoms with Gasteiger partial charge in [0.1, 0.15) is 0 Å². The minimum atomic E-state index is 0.588. The summed E-state index contributed by atoms with van der Waals surface area (Å²) >= 11 is 0. The molecule has 2 aromatic heterocycles. The van der Waals surface area contributed by atoms with E-state index in [0.717, 1.165) is 36.1 Å². The number of aryl methyl sites for hydroxylation is 1. The Morgan fingerprint density at radius 2 is 2.18 bits per heavy atom. The van der Waals surface area contributed by atoms with E-state index in [2.05, 4.69) is 17.0 Å². The van der Waals surface area contributed by atoms with Crippen molar-refractivity contribution in [1.82, 2.24) is 14.8 Å². The molecule has 2 rings (SSSR count). The molecule has 0 spiro atoms. The van der Waals surface area contributed by atoms with Crippen LogP contribution in [0.2, 0.25) is 0 Å². The lowest BCUT2D eigenvalue weighted by atomic mass is 10.1. The number of pyridine rings is 1. The Kier molecular flexibility index (Phi) is 3.32. The van der Waals surface area contributed by atoms with E-state index < -0.39 is 0 Å². The van der Waals surface area contributed by atoms with Crippen molar-refractivity contribution in [2.45, 2.75) is 26.8 Å². The van der Waals surface area contributed by atoms with Crippen molar-refractivity contribution in [2.24, 2.45) is 0 Å². The van der Waals surface area contributed by atoms with Gasteiger partial charge >= 0.3 is 0 Å². The molecular formula is C13H15N3O. The van der Waals surface area contributed by atoms with E-state index in [4.69, 9.17) is 0 Å². The second-order valence-electron chi connectivity index (χ2n) is 3.99. The molecule has 0 aromatic carbocycles. The van der Waals surface area contributed by atoms with E-state index in [1.54, 1.807) is 12.4 Å². The van der Waals surface area contributed by atoms with Crippen molar-refractivity contribution in [2.75, 3.05) is 0 Å². The van der Waals surface area contributed by atoms with Crippen LogP contribution in [0.15, 0.2) is 24.7 Å². The number of rotatable bonds is 4. The van der Waals surface area contributed by atoms with Crippen LogP contribution >= 0.6 is 0 Å². The average Bonchev–Trinajstić information content (AvgIpc) is 2.72. The molecule has 0 unspecified atom stereocenters. The van der Waals surface area contributed by atoms with Crippen molar-refractivity contribution in [3.05, 3.63) is 35.9 Å². The normalized spacial score (nSPS) is 10.5. The quantitative estimate of drug-likeness (QED) is 0.757. The van der Waals surface area contributed by atoms with Crippen LogP contribution in [-0.4, -0.2) is 21.1 Å². The molecule has 0 bridgehead atoms. The SMILES string of the molecule is CCCn1ncc(-c2cncc(C=O)c2)c1C. The first kappa shape index (κ1) is 11.5. The van der Waals surface area contributed by atoms with Crippen molar-refractivity contribution in [3.63, 3.8) is 0 Å². The van der Waals surface area contributed by atoms with Crippen LogP contribution in [0.3, 0.4) is 0 Å². The maximum Gasteiger partial charge on any atom is 0.151 e. The Morgan fingerprint density at radius 1 is 1.35 bits per heavy atom. The monoisotopic (exact) mass is 229 g/mol. The Labute approximate surface area is 100 Å². The second kappa shape index (κ2) is 4.91. The highest BCUT2D eigenvalue weighted by molar-refractivity contribution is 5.78. The predicted octanol–water partition coefficient (Wildman–Crippen LogP) is 2.48. The standard InChI is InChI=1S/C13H15N3O/c1-3-4-16-10(2)13(8-15-16)12-5-11(9-17)6-14-7-12/h5-9H,3-4H2,1-2H3. The zero-order valence-corrected chi connectivity index (χ0v) is 10.1. The third kappa shape index (κ3) is 2.25. The minimum Gasteiger partial charge on any atom is -0.298 e. The van der Waals surface area contributed by atoms with Crippen LogP contribution in [-0.2, 0) is 6.54 Å². The van der Waals surface area contributed by atoms with Gasteiger partial charge in [0.2, 0.25) is 0 Å². The lowest BCUT2D eigenvalue weighted by molar-refractivity contribution is 0.112. The minimum absolute atomic E-state index is 0.588. The Bertz CT molecular complexity index is 531. The van der Waals surface area contributed by atoms with Crippen LogP contribution in [0.25, 0.3) is 11.1 Å². The van der Waals surface area contributed by atoms with Gasteiger partial charge in [0.05, 0.1) is 6.20 Å². The highest BCUT2D eigenvalue weighted by Crippen LogP contribution is 2.22. The van der Waals surface area contributed by atoms with Crippen molar-refractivity contribution < 1.29 is 4.79 Å². The van der Waals surface area contributed by atoms with E-state index in [9.17, 15) is 4.79 Å². The third-order valence-electron chi connectivity index (χ3n) is 2.75. The van der Waals surface area contributed by atoms with Gasteiger partial charge in [0, 0.05) is 41.3 Å². The van der Waals surface area contributed by atoms with E-state index in [-0.39, 0.29) is 0 Å². The topological polar surface area (TPSA) is 47.8 Å². The molecular weight excluding hydrogens is 214 g/mol. The van der Waals surface area contributed by atoms with Gasteiger partial charge in [-0.05, 0) is 19.4 Å². The number of nitrogens with zero attached hydrogens (tertiary/aromatic N) is 3. The molecule has 88 valence electrons. The van der Waals surface area contributed by atoms with Gasteiger partial charge in [0.15, 0.2) is 6.29 Å². The summed E-state index contributed by atoms with van der Waals surface area (Å²) in [6.07, 6.45) is 7.00. The number of aromatic nitrogens is 3. The van der Waals surface area contributed by atoms with Gasteiger partial charge in [-0.1, -0.05) is 6.92 Å². The lowest BCUT2D eigenvalue weighted by Crippen LogP contribution is -2.01. The number of carbonyl (C=O) groups excluding carboxylic acids is 1. The number of carbonyl (C=O) groups is 1. The molecule has 0 N–H and O–H groups in total. The maximum absolute atomic E-state index is 10.7. The zero-order chi connectivity index (χ0) is 12.3. The molecule has 0 saturated heterocycles.